The van der Waals surface area contributed by atoms with Crippen molar-refractivity contribution < 1.29 is 9.84 Å². The van der Waals surface area contributed by atoms with Crippen LogP contribution in [0.4, 0.5) is 11.8 Å². The third-order valence-electron chi connectivity index (χ3n) is 4.79. The molecule has 1 atom stereocenters. The molecule has 2 aromatic heterocycles. The molecule has 150 valence electrons. The zero-order chi connectivity index (χ0) is 19.8. The van der Waals surface area contributed by atoms with Crippen LogP contribution in [0.15, 0.2) is 24.4 Å². The van der Waals surface area contributed by atoms with Crippen molar-refractivity contribution in [2.75, 3.05) is 17.7 Å². The Morgan fingerprint density at radius 1 is 1.29 bits per heavy atom. The third-order valence-corrected chi connectivity index (χ3v) is 4.79. The van der Waals surface area contributed by atoms with E-state index in [1.165, 1.54) is 5.56 Å². The Balaban J connectivity index is 1.70. The predicted molar refractivity (Wildman–Crippen MR) is 111 cm³/mol. The van der Waals surface area contributed by atoms with Crippen LogP contribution in [-0.4, -0.2) is 32.7 Å². The van der Waals surface area contributed by atoms with Gasteiger partial charge in [0.05, 0.1) is 11.9 Å². The van der Waals surface area contributed by atoms with Gasteiger partial charge in [0.1, 0.15) is 6.61 Å². The maximum Gasteiger partial charge on any atom is 0.222 e. The highest BCUT2D eigenvalue weighted by molar-refractivity contribution is 5.54. The summed E-state index contributed by atoms with van der Waals surface area (Å²) >= 11 is 0. The van der Waals surface area contributed by atoms with Gasteiger partial charge in [-0.15, -0.1) is 0 Å². The number of unbranched alkanes of at least 4 members (excludes halogenated alkanes) is 1. The Morgan fingerprint density at radius 2 is 2.18 bits per heavy atom. The fourth-order valence-electron chi connectivity index (χ4n) is 3.25. The van der Waals surface area contributed by atoms with Gasteiger partial charge >= 0.3 is 0 Å². The number of hydrogen-bond donors (Lipinski definition) is 3. The highest BCUT2D eigenvalue weighted by atomic mass is 16.5. The molecule has 2 aromatic rings. The van der Waals surface area contributed by atoms with Gasteiger partial charge in [-0.25, -0.2) is 4.98 Å². The first-order chi connectivity index (χ1) is 13.7. The second kappa shape index (κ2) is 10.0. The Kier molecular flexibility index (Phi) is 7.19. The number of nitrogens with one attached hydrogen (secondary N) is 1. The molecule has 0 aromatic carbocycles. The number of anilines is 2. The van der Waals surface area contributed by atoms with Crippen LogP contribution in [0.1, 0.15) is 56.0 Å². The van der Waals surface area contributed by atoms with Crippen molar-refractivity contribution in [2.45, 2.75) is 58.1 Å². The van der Waals surface area contributed by atoms with Gasteiger partial charge in [0.15, 0.2) is 11.6 Å². The zero-order valence-electron chi connectivity index (χ0n) is 16.4. The van der Waals surface area contributed by atoms with Crippen LogP contribution in [0.5, 0.6) is 5.75 Å². The third kappa shape index (κ3) is 5.42. The van der Waals surface area contributed by atoms with E-state index >= 15 is 0 Å². The summed E-state index contributed by atoms with van der Waals surface area (Å²) in [5.74, 6) is 1.28. The van der Waals surface area contributed by atoms with E-state index in [0.717, 1.165) is 43.5 Å². The minimum Gasteiger partial charge on any atom is -0.482 e. The lowest BCUT2D eigenvalue weighted by Gasteiger charge is -2.20. The molecule has 2 heterocycles. The number of nitrogens with zero attached hydrogens (tertiary/aromatic N) is 3. The normalized spacial score (nSPS) is 13.8. The van der Waals surface area contributed by atoms with Crippen LogP contribution in [-0.2, 0) is 13.0 Å². The molecule has 0 saturated carbocycles. The van der Waals surface area contributed by atoms with E-state index in [2.05, 4.69) is 40.4 Å². The fraction of sp³-hybridized carbons (Fsp3) is 0.476. The molecule has 0 bridgehead atoms. The lowest BCUT2D eigenvalue weighted by Crippen LogP contribution is -2.22. The lowest BCUT2D eigenvalue weighted by molar-refractivity contribution is 0.275. The molecule has 7 heteroatoms. The van der Waals surface area contributed by atoms with Crippen molar-refractivity contribution in [3.8, 4) is 5.75 Å². The summed E-state index contributed by atoms with van der Waals surface area (Å²) in [5.41, 5.74) is 8.93. The highest BCUT2D eigenvalue weighted by Crippen LogP contribution is 2.25. The number of aryl methyl sites for hydroxylation is 1. The summed E-state index contributed by atoms with van der Waals surface area (Å²) in [7, 11) is 0. The molecule has 1 aliphatic rings. The van der Waals surface area contributed by atoms with Gasteiger partial charge in [-0.2, -0.15) is 4.98 Å². The largest absolute Gasteiger partial charge is 0.482 e. The molecule has 0 unspecified atom stereocenters. The number of fused-ring (bicyclic) bond motifs is 1. The summed E-state index contributed by atoms with van der Waals surface area (Å²) < 4.78 is 5.97. The number of allylic oxidation sites excluding steroid dienone is 1. The second-order valence-corrected chi connectivity index (χ2v) is 7.01. The SMILES string of the molecule is CCCC[C@@H](CCO)Nc1nc(N)ncc1OCc1ccc2c(n1)CCC=C2. The van der Waals surface area contributed by atoms with Crippen LogP contribution >= 0.6 is 0 Å². The van der Waals surface area contributed by atoms with Gasteiger partial charge < -0.3 is 20.9 Å². The molecule has 0 saturated heterocycles. The average Bonchev–Trinajstić information content (AvgIpc) is 2.71. The monoisotopic (exact) mass is 383 g/mol. The van der Waals surface area contributed by atoms with Crippen LogP contribution in [0.3, 0.4) is 0 Å². The number of aromatic nitrogens is 3. The van der Waals surface area contributed by atoms with E-state index in [1.807, 2.05) is 6.07 Å². The van der Waals surface area contributed by atoms with Crippen molar-refractivity contribution in [3.63, 3.8) is 0 Å². The molecular formula is C21H29N5O2. The van der Waals surface area contributed by atoms with Crippen molar-refractivity contribution in [2.24, 2.45) is 0 Å². The predicted octanol–water partition coefficient (Wildman–Crippen LogP) is 3.35. The molecular weight excluding hydrogens is 354 g/mol. The van der Waals surface area contributed by atoms with Crippen LogP contribution in [0, 0.1) is 0 Å². The lowest BCUT2D eigenvalue weighted by atomic mass is 10.0. The van der Waals surface area contributed by atoms with Crippen molar-refractivity contribution in [3.05, 3.63) is 41.4 Å². The van der Waals surface area contributed by atoms with Crippen LogP contribution in [0.2, 0.25) is 0 Å². The summed E-state index contributed by atoms with van der Waals surface area (Å²) in [6.45, 7) is 2.60. The van der Waals surface area contributed by atoms with E-state index in [-0.39, 0.29) is 18.6 Å². The smallest absolute Gasteiger partial charge is 0.222 e. The van der Waals surface area contributed by atoms with E-state index < -0.39 is 0 Å². The molecule has 0 radical (unpaired) electrons. The minimum absolute atomic E-state index is 0.107. The minimum atomic E-state index is 0.107. The van der Waals surface area contributed by atoms with Gasteiger partial charge in [-0.3, -0.25) is 4.98 Å². The first kappa shape index (κ1) is 20.1. The second-order valence-electron chi connectivity index (χ2n) is 7.01. The average molecular weight is 383 g/mol. The van der Waals surface area contributed by atoms with Gasteiger partial charge in [0.25, 0.3) is 0 Å². The molecule has 0 spiro atoms. The van der Waals surface area contributed by atoms with Crippen molar-refractivity contribution in [1.82, 2.24) is 15.0 Å². The Hall–Kier alpha value is -2.67. The van der Waals surface area contributed by atoms with Gasteiger partial charge in [-0.05, 0) is 37.3 Å². The number of ether oxygens (including phenoxy) is 1. The van der Waals surface area contributed by atoms with Gasteiger partial charge in [0.2, 0.25) is 5.95 Å². The summed E-state index contributed by atoms with van der Waals surface area (Å²) in [5, 5.41) is 12.7. The van der Waals surface area contributed by atoms with Crippen LogP contribution < -0.4 is 15.8 Å². The summed E-state index contributed by atoms with van der Waals surface area (Å²) in [4.78, 5) is 13.1. The van der Waals surface area contributed by atoms with E-state index in [0.29, 0.717) is 24.6 Å². The number of aliphatic hydroxyl groups excluding tert-OH is 1. The number of nitrogen functional groups attached to an aromatic ring is 1. The topological polar surface area (TPSA) is 106 Å². The van der Waals surface area contributed by atoms with Gasteiger partial charge in [-0.1, -0.05) is 38.0 Å². The molecule has 1 aliphatic carbocycles. The Bertz CT molecular complexity index is 809. The molecule has 4 N–H and O–H groups in total. The highest BCUT2D eigenvalue weighted by Gasteiger charge is 2.14. The van der Waals surface area contributed by atoms with E-state index in [1.54, 1.807) is 6.20 Å². The van der Waals surface area contributed by atoms with Crippen molar-refractivity contribution in [1.29, 1.82) is 0 Å². The first-order valence-electron chi connectivity index (χ1n) is 9.97. The Labute approximate surface area is 166 Å². The number of aliphatic hydroxyl groups is 1. The summed E-state index contributed by atoms with van der Waals surface area (Å²) in [6, 6.07) is 4.17. The van der Waals surface area contributed by atoms with Crippen molar-refractivity contribution >= 4 is 17.8 Å². The molecule has 0 amide bonds. The summed E-state index contributed by atoms with van der Waals surface area (Å²) in [6.07, 6.45) is 11.6. The number of nitrogens with two attached hydrogens (primary N) is 1. The molecule has 3 rings (SSSR count). The zero-order valence-corrected chi connectivity index (χ0v) is 16.4. The van der Waals surface area contributed by atoms with E-state index in [9.17, 15) is 5.11 Å². The first-order valence-corrected chi connectivity index (χ1v) is 9.97. The quantitative estimate of drug-likeness (QED) is 0.577. The number of hydrogen-bond acceptors (Lipinski definition) is 7. The fourth-order valence-corrected chi connectivity index (χ4v) is 3.25. The van der Waals surface area contributed by atoms with Gasteiger partial charge in [0, 0.05) is 18.3 Å². The maximum absolute atomic E-state index is 9.35. The van der Waals surface area contributed by atoms with Crippen LogP contribution in [0.25, 0.3) is 6.08 Å². The maximum atomic E-state index is 9.35. The molecule has 0 fully saturated rings. The standard InChI is InChI=1S/C21H29N5O2/c1-2-3-7-16(11-12-27)25-20-19(13-23-21(22)26-20)28-14-17-10-9-15-6-4-5-8-18(15)24-17/h4,6,9-10,13,16,27H,2-3,5,7-8,11-12,14H2,1H3,(H3,22,23,25,26)/t16-/m0/s1. The molecule has 28 heavy (non-hydrogen) atoms. The number of pyridine rings is 1. The molecule has 0 aliphatic heterocycles. The number of rotatable bonds is 10. The Morgan fingerprint density at radius 3 is 3.00 bits per heavy atom. The molecule has 7 nitrogen and oxygen atoms in total. The van der Waals surface area contributed by atoms with E-state index in [4.69, 9.17) is 15.5 Å².